The quantitative estimate of drug-likeness (QED) is 0.316. The van der Waals surface area contributed by atoms with E-state index in [9.17, 15) is 27.9 Å². The highest BCUT2D eigenvalue weighted by atomic mass is 32.2. The number of phenolic OH excluding ortho intramolecular Hbond substituents is 1. The molecule has 4 aliphatic rings. The van der Waals surface area contributed by atoms with E-state index in [1.165, 1.54) is 4.90 Å². The molecule has 48 heavy (non-hydrogen) atoms. The van der Waals surface area contributed by atoms with Gasteiger partial charge in [0.05, 0.1) is 29.5 Å². The maximum absolute atomic E-state index is 14.1. The number of nitrogens with two attached hydrogens (primary N) is 1. The zero-order valence-corrected chi connectivity index (χ0v) is 28.4. The van der Waals surface area contributed by atoms with Gasteiger partial charge in [-0.2, -0.15) is 0 Å². The molecular formula is C34H45N5O8S. The lowest BCUT2D eigenvalue weighted by atomic mass is 10.1. The SMILES string of the molecule is Cc1c(O)ccc2c(O[C@@H]3C[C@H]4C(=O)N[C@]5(C(=O)NS(=O)(=O)C6CC6)C[C@H]5/C=C\CCCCC[C@H](N)C(=O)N4C3)cc(OC(C)C)nc12. The van der Waals surface area contributed by atoms with Crippen molar-refractivity contribution in [2.45, 2.75) is 114 Å². The minimum Gasteiger partial charge on any atom is -0.508 e. The zero-order valence-electron chi connectivity index (χ0n) is 27.6. The number of phenols is 1. The number of carbonyl (C=O) groups is 3. The number of aromatic nitrogens is 1. The Bertz CT molecular complexity index is 1740. The molecular weight excluding hydrogens is 638 g/mol. The highest BCUT2D eigenvalue weighted by Crippen LogP contribution is 2.46. The second kappa shape index (κ2) is 13.2. The van der Waals surface area contributed by atoms with Gasteiger partial charge in [-0.05, 0) is 71.4 Å². The number of ether oxygens (including phenoxy) is 2. The first kappa shape index (κ1) is 34.0. The van der Waals surface area contributed by atoms with E-state index in [1.807, 2.05) is 26.0 Å². The largest absolute Gasteiger partial charge is 0.508 e. The molecule has 2 aromatic rings. The minimum atomic E-state index is -3.85. The van der Waals surface area contributed by atoms with Crippen LogP contribution in [0.2, 0.25) is 0 Å². The number of amides is 3. The number of carbonyl (C=O) groups excluding carboxylic acids is 3. The van der Waals surface area contributed by atoms with Crippen LogP contribution in [0.25, 0.3) is 10.9 Å². The smallest absolute Gasteiger partial charge is 0.259 e. The lowest BCUT2D eigenvalue weighted by Crippen LogP contribution is -2.57. The molecule has 13 nitrogen and oxygen atoms in total. The van der Waals surface area contributed by atoms with Gasteiger partial charge in [-0.25, -0.2) is 13.4 Å². The summed E-state index contributed by atoms with van der Waals surface area (Å²) in [5.41, 5.74) is 5.98. The number of benzene rings is 1. The van der Waals surface area contributed by atoms with Crippen LogP contribution in [0.5, 0.6) is 17.4 Å². The molecule has 1 saturated heterocycles. The summed E-state index contributed by atoms with van der Waals surface area (Å²) < 4.78 is 40.0. The van der Waals surface area contributed by atoms with E-state index >= 15 is 0 Å². The monoisotopic (exact) mass is 683 g/mol. The van der Waals surface area contributed by atoms with Crippen molar-refractivity contribution in [2.75, 3.05) is 6.54 Å². The van der Waals surface area contributed by atoms with Crippen LogP contribution in [-0.4, -0.2) is 82.8 Å². The Morgan fingerprint density at radius 3 is 2.69 bits per heavy atom. The molecule has 2 aliphatic heterocycles. The fraction of sp³-hybridized carbons (Fsp3) is 0.588. The Hall–Kier alpha value is -3.91. The fourth-order valence-electron chi connectivity index (χ4n) is 6.69. The van der Waals surface area contributed by atoms with Gasteiger partial charge in [0, 0.05) is 29.4 Å². The Morgan fingerprint density at radius 1 is 1.19 bits per heavy atom. The third-order valence-corrected chi connectivity index (χ3v) is 11.5. The Balaban J connectivity index is 1.30. The molecule has 5 N–H and O–H groups in total. The molecule has 1 aromatic heterocycles. The van der Waals surface area contributed by atoms with E-state index in [2.05, 4.69) is 15.0 Å². The van der Waals surface area contributed by atoms with Crippen molar-refractivity contribution < 1.29 is 37.4 Å². The first-order chi connectivity index (χ1) is 22.8. The number of aromatic hydroxyl groups is 1. The third-order valence-electron chi connectivity index (χ3n) is 9.68. The van der Waals surface area contributed by atoms with E-state index in [4.69, 9.17) is 15.2 Å². The van der Waals surface area contributed by atoms with Gasteiger partial charge in [-0.15, -0.1) is 0 Å². The maximum Gasteiger partial charge on any atom is 0.259 e. The molecule has 1 aromatic carbocycles. The van der Waals surface area contributed by atoms with Gasteiger partial charge < -0.3 is 30.5 Å². The van der Waals surface area contributed by atoms with E-state index in [-0.39, 0.29) is 43.1 Å². The van der Waals surface area contributed by atoms with Crippen molar-refractivity contribution in [1.29, 1.82) is 0 Å². The second-order valence-corrected chi connectivity index (χ2v) is 15.8. The van der Waals surface area contributed by atoms with Crippen LogP contribution < -0.4 is 25.2 Å². The zero-order chi connectivity index (χ0) is 34.4. The summed E-state index contributed by atoms with van der Waals surface area (Å²) in [6.45, 7) is 5.54. The van der Waals surface area contributed by atoms with Crippen molar-refractivity contribution in [2.24, 2.45) is 11.7 Å². The number of pyridine rings is 1. The minimum absolute atomic E-state index is 0.0600. The molecule has 260 valence electrons. The number of fused-ring (bicyclic) bond motifs is 3. The summed E-state index contributed by atoms with van der Waals surface area (Å²) in [5, 5.41) is 13.3. The van der Waals surface area contributed by atoms with E-state index in [0.717, 1.165) is 25.7 Å². The molecule has 0 radical (unpaired) electrons. The Labute approximate surface area is 280 Å². The topological polar surface area (TPSA) is 190 Å². The highest BCUT2D eigenvalue weighted by Gasteiger charge is 2.62. The second-order valence-electron chi connectivity index (χ2n) is 13.8. The standard InChI is InChI=1S/C34H45N5O8S/c1-19(2)46-29-16-28(24-13-14-27(40)20(3)30(24)36-29)47-22-15-26-31(41)37-34(33(43)38-48(44,45)23-11-12-23)17-21(34)9-7-5-4-6-8-10-25(35)32(42)39(26)18-22/h7,9,13-14,16,19,21-23,25-26,40H,4-6,8,10-12,15,17-18,35H2,1-3H3,(H,37,41)(H,38,43)/b9-7-/t21-,22-,25+,26+,34-/m1/s1. The first-order valence-electron chi connectivity index (χ1n) is 16.9. The molecule has 2 saturated carbocycles. The number of nitrogens with one attached hydrogen (secondary N) is 2. The van der Waals surface area contributed by atoms with Crippen molar-refractivity contribution >= 4 is 38.6 Å². The number of allylic oxidation sites excluding steroid dienone is 1. The number of hydrogen-bond acceptors (Lipinski definition) is 10. The molecule has 3 heterocycles. The molecule has 0 spiro atoms. The maximum atomic E-state index is 14.1. The van der Waals surface area contributed by atoms with Gasteiger partial charge in [0.2, 0.25) is 27.7 Å². The molecule has 3 fully saturated rings. The molecule has 14 heteroatoms. The molecule has 6 rings (SSSR count). The predicted molar refractivity (Wildman–Crippen MR) is 178 cm³/mol. The lowest BCUT2D eigenvalue weighted by molar-refractivity contribution is -0.140. The van der Waals surface area contributed by atoms with E-state index in [0.29, 0.717) is 47.4 Å². The van der Waals surface area contributed by atoms with E-state index < -0.39 is 50.8 Å². The summed E-state index contributed by atoms with van der Waals surface area (Å²) in [6.07, 6.45) is 8.04. The number of aryl methyl sites for hydroxylation is 1. The van der Waals surface area contributed by atoms with Crippen LogP contribution in [0.4, 0.5) is 0 Å². The number of sulfonamides is 1. The number of hydrogen-bond donors (Lipinski definition) is 4. The van der Waals surface area contributed by atoms with Gasteiger partial charge in [-0.3, -0.25) is 19.1 Å². The van der Waals surface area contributed by atoms with Gasteiger partial charge >= 0.3 is 0 Å². The molecule has 5 atom stereocenters. The fourth-order valence-corrected chi connectivity index (χ4v) is 8.05. The average Bonchev–Trinajstić information content (AvgIpc) is 3.95. The summed E-state index contributed by atoms with van der Waals surface area (Å²) in [7, 11) is -3.85. The van der Waals surface area contributed by atoms with Crippen LogP contribution in [0.3, 0.4) is 0 Å². The third kappa shape index (κ3) is 6.95. The molecule has 3 amide bonds. The van der Waals surface area contributed by atoms with E-state index in [1.54, 1.807) is 25.1 Å². The molecule has 0 unspecified atom stereocenters. The molecule has 2 aliphatic carbocycles. The summed E-state index contributed by atoms with van der Waals surface area (Å²) in [4.78, 5) is 47.5. The highest BCUT2D eigenvalue weighted by molar-refractivity contribution is 7.91. The Kier molecular flexibility index (Phi) is 9.33. The lowest BCUT2D eigenvalue weighted by Gasteiger charge is -2.28. The average molecular weight is 684 g/mol. The predicted octanol–water partition coefficient (Wildman–Crippen LogP) is 2.72. The summed E-state index contributed by atoms with van der Waals surface area (Å²) >= 11 is 0. The van der Waals surface area contributed by atoms with Crippen LogP contribution in [0, 0.1) is 12.8 Å². The van der Waals surface area contributed by atoms with Crippen LogP contribution in [0.1, 0.15) is 77.2 Å². The van der Waals surface area contributed by atoms with Crippen molar-refractivity contribution in [3.63, 3.8) is 0 Å². The normalized spacial score (nSPS) is 28.9. The number of rotatable bonds is 7. The summed E-state index contributed by atoms with van der Waals surface area (Å²) in [5.74, 6) is -1.33. The van der Waals surface area contributed by atoms with Crippen LogP contribution in [-0.2, 0) is 24.4 Å². The van der Waals surface area contributed by atoms with Gasteiger partial charge in [0.25, 0.3) is 5.91 Å². The Morgan fingerprint density at radius 2 is 1.96 bits per heavy atom. The summed E-state index contributed by atoms with van der Waals surface area (Å²) in [6, 6.07) is 3.06. The van der Waals surface area contributed by atoms with Crippen molar-refractivity contribution in [3.05, 3.63) is 35.9 Å². The van der Waals surface area contributed by atoms with Crippen molar-refractivity contribution in [1.82, 2.24) is 19.9 Å². The number of nitrogens with zero attached hydrogens (tertiary/aromatic N) is 2. The van der Waals surface area contributed by atoms with Crippen molar-refractivity contribution in [3.8, 4) is 17.4 Å². The van der Waals surface area contributed by atoms with Gasteiger partial charge in [0.1, 0.15) is 29.2 Å². The van der Waals surface area contributed by atoms with Crippen LogP contribution >= 0.6 is 0 Å². The van der Waals surface area contributed by atoms with Gasteiger partial charge in [0.15, 0.2) is 0 Å². The molecule has 0 bridgehead atoms. The van der Waals surface area contributed by atoms with Crippen LogP contribution in [0.15, 0.2) is 30.4 Å². The first-order valence-corrected chi connectivity index (χ1v) is 18.4. The van der Waals surface area contributed by atoms with Gasteiger partial charge in [-0.1, -0.05) is 25.0 Å².